The fourth-order valence-corrected chi connectivity index (χ4v) is 2.68. The highest BCUT2D eigenvalue weighted by molar-refractivity contribution is 5.78. The summed E-state index contributed by atoms with van der Waals surface area (Å²) < 4.78 is 0. The molecular weight excluding hydrogens is 236 g/mol. The maximum Gasteiger partial charge on any atom is 0.234 e. The number of hydrogen-bond acceptors (Lipinski definition) is 2. The molecule has 1 N–H and O–H groups in total. The van der Waals surface area contributed by atoms with Crippen LogP contribution in [0.1, 0.15) is 25.3 Å². The second kappa shape index (κ2) is 7.29. The molecule has 0 saturated carbocycles. The number of hydrogen-bond donors (Lipinski definition) is 1. The van der Waals surface area contributed by atoms with Crippen LogP contribution in [0.4, 0.5) is 0 Å². The van der Waals surface area contributed by atoms with Crippen LogP contribution >= 0.6 is 0 Å². The monoisotopic (exact) mass is 260 g/mol. The Bertz CT molecular complexity index is 391. The Morgan fingerprint density at radius 2 is 2.16 bits per heavy atom. The maximum atomic E-state index is 11.9. The smallest absolute Gasteiger partial charge is 0.234 e. The molecule has 3 nitrogen and oxygen atoms in total. The molecule has 2 rings (SSSR count). The van der Waals surface area contributed by atoms with Gasteiger partial charge in [0.2, 0.25) is 5.91 Å². The van der Waals surface area contributed by atoms with Gasteiger partial charge in [-0.2, -0.15) is 0 Å². The molecule has 0 radical (unpaired) electrons. The van der Waals surface area contributed by atoms with Crippen molar-refractivity contribution in [1.82, 2.24) is 10.2 Å². The van der Waals surface area contributed by atoms with Gasteiger partial charge in [-0.05, 0) is 37.3 Å². The Hall–Kier alpha value is -1.35. The normalized spacial score (nSPS) is 20.2. The van der Waals surface area contributed by atoms with Crippen molar-refractivity contribution >= 4 is 5.91 Å². The van der Waals surface area contributed by atoms with Gasteiger partial charge in [0.05, 0.1) is 6.54 Å². The summed E-state index contributed by atoms with van der Waals surface area (Å²) in [5.41, 5.74) is 1.27. The molecule has 1 atom stereocenters. The van der Waals surface area contributed by atoms with Gasteiger partial charge in [-0.25, -0.2) is 0 Å². The summed E-state index contributed by atoms with van der Waals surface area (Å²) in [6.07, 6.45) is 3.42. The summed E-state index contributed by atoms with van der Waals surface area (Å²) in [5, 5.41) is 3.01. The molecule has 1 aliphatic rings. The van der Waals surface area contributed by atoms with E-state index < -0.39 is 0 Å². The lowest BCUT2D eigenvalue weighted by molar-refractivity contribution is -0.122. The number of rotatable bonds is 5. The lowest BCUT2D eigenvalue weighted by Crippen LogP contribution is -2.42. The van der Waals surface area contributed by atoms with Crippen LogP contribution in [0.3, 0.4) is 0 Å². The summed E-state index contributed by atoms with van der Waals surface area (Å²) in [6, 6.07) is 10.3. The molecule has 19 heavy (non-hydrogen) atoms. The van der Waals surface area contributed by atoms with Crippen molar-refractivity contribution in [3.8, 4) is 0 Å². The van der Waals surface area contributed by atoms with Gasteiger partial charge in [-0.15, -0.1) is 0 Å². The van der Waals surface area contributed by atoms with Crippen LogP contribution in [-0.2, 0) is 11.2 Å². The number of carbonyl (C=O) groups is 1. The molecule has 1 aromatic carbocycles. The van der Waals surface area contributed by atoms with Gasteiger partial charge in [-0.3, -0.25) is 9.69 Å². The quantitative estimate of drug-likeness (QED) is 0.879. The van der Waals surface area contributed by atoms with Gasteiger partial charge in [0.15, 0.2) is 0 Å². The van der Waals surface area contributed by atoms with Crippen molar-refractivity contribution in [1.29, 1.82) is 0 Å². The molecule has 1 unspecified atom stereocenters. The Morgan fingerprint density at radius 3 is 2.89 bits per heavy atom. The first-order valence-electron chi connectivity index (χ1n) is 7.27. The molecular formula is C16H24N2O. The van der Waals surface area contributed by atoms with Crippen molar-refractivity contribution in [2.75, 3.05) is 26.2 Å². The lowest BCUT2D eigenvalue weighted by atomic mass is 10.0. The Kier molecular flexibility index (Phi) is 5.40. The molecule has 0 aliphatic carbocycles. The van der Waals surface area contributed by atoms with Crippen molar-refractivity contribution in [2.24, 2.45) is 5.92 Å². The van der Waals surface area contributed by atoms with E-state index in [2.05, 4.69) is 29.3 Å². The fraction of sp³-hybridized carbons (Fsp3) is 0.562. The molecule has 1 heterocycles. The highest BCUT2D eigenvalue weighted by Crippen LogP contribution is 2.14. The van der Waals surface area contributed by atoms with Crippen molar-refractivity contribution < 1.29 is 4.79 Å². The fourth-order valence-electron chi connectivity index (χ4n) is 2.68. The third kappa shape index (κ3) is 5.03. The summed E-state index contributed by atoms with van der Waals surface area (Å²) in [6.45, 7) is 5.67. The largest absolute Gasteiger partial charge is 0.355 e. The SMILES string of the molecule is CC1CCCN(CC(=O)NCCc2ccccc2)C1. The van der Waals surface area contributed by atoms with E-state index in [1.807, 2.05) is 18.2 Å². The van der Waals surface area contributed by atoms with E-state index in [-0.39, 0.29) is 5.91 Å². The zero-order chi connectivity index (χ0) is 13.5. The molecule has 1 amide bonds. The van der Waals surface area contributed by atoms with Crippen LogP contribution in [-0.4, -0.2) is 37.0 Å². The van der Waals surface area contributed by atoms with E-state index in [1.54, 1.807) is 0 Å². The highest BCUT2D eigenvalue weighted by Gasteiger charge is 2.18. The van der Waals surface area contributed by atoms with Gasteiger partial charge in [0.1, 0.15) is 0 Å². The minimum absolute atomic E-state index is 0.157. The first-order valence-corrected chi connectivity index (χ1v) is 7.27. The number of benzene rings is 1. The molecule has 1 aromatic rings. The molecule has 0 bridgehead atoms. The third-order valence-electron chi connectivity index (χ3n) is 3.69. The maximum absolute atomic E-state index is 11.9. The first-order chi connectivity index (χ1) is 9.24. The van der Waals surface area contributed by atoms with Crippen LogP contribution in [0.5, 0.6) is 0 Å². The Labute approximate surface area is 116 Å². The van der Waals surface area contributed by atoms with Crippen LogP contribution in [0.2, 0.25) is 0 Å². The topological polar surface area (TPSA) is 32.3 Å². The predicted octanol–water partition coefficient (Wildman–Crippen LogP) is 2.08. The van der Waals surface area contributed by atoms with Crippen molar-refractivity contribution in [2.45, 2.75) is 26.2 Å². The zero-order valence-corrected chi connectivity index (χ0v) is 11.8. The average molecular weight is 260 g/mol. The van der Waals surface area contributed by atoms with Gasteiger partial charge < -0.3 is 5.32 Å². The number of amides is 1. The van der Waals surface area contributed by atoms with Crippen LogP contribution in [0.25, 0.3) is 0 Å². The summed E-state index contributed by atoms with van der Waals surface area (Å²) in [4.78, 5) is 14.1. The molecule has 104 valence electrons. The third-order valence-corrected chi connectivity index (χ3v) is 3.69. The standard InChI is InChI=1S/C16H24N2O/c1-14-6-5-11-18(12-14)13-16(19)17-10-9-15-7-3-2-4-8-15/h2-4,7-8,14H,5-6,9-13H2,1H3,(H,17,19). The van der Waals surface area contributed by atoms with E-state index in [9.17, 15) is 4.79 Å². The van der Waals surface area contributed by atoms with E-state index in [1.165, 1.54) is 18.4 Å². The van der Waals surface area contributed by atoms with Gasteiger partial charge in [0, 0.05) is 13.1 Å². The van der Waals surface area contributed by atoms with Gasteiger partial charge in [0.25, 0.3) is 0 Å². The highest BCUT2D eigenvalue weighted by atomic mass is 16.2. The summed E-state index contributed by atoms with van der Waals surface area (Å²) in [5.74, 6) is 0.885. The number of piperidine rings is 1. The van der Waals surface area contributed by atoms with Gasteiger partial charge in [-0.1, -0.05) is 37.3 Å². The minimum Gasteiger partial charge on any atom is -0.355 e. The molecule has 0 aromatic heterocycles. The number of nitrogens with one attached hydrogen (secondary N) is 1. The van der Waals surface area contributed by atoms with Crippen LogP contribution in [0, 0.1) is 5.92 Å². The van der Waals surface area contributed by atoms with E-state index in [0.717, 1.165) is 32.0 Å². The second-order valence-corrected chi connectivity index (χ2v) is 5.57. The Balaban J connectivity index is 1.64. The number of likely N-dealkylation sites (tertiary alicyclic amines) is 1. The second-order valence-electron chi connectivity index (χ2n) is 5.57. The molecule has 1 fully saturated rings. The lowest BCUT2D eigenvalue weighted by Gasteiger charge is -2.30. The summed E-state index contributed by atoms with van der Waals surface area (Å²) >= 11 is 0. The predicted molar refractivity (Wildman–Crippen MR) is 78.0 cm³/mol. The molecule has 0 spiro atoms. The van der Waals surface area contributed by atoms with E-state index >= 15 is 0 Å². The Morgan fingerprint density at radius 1 is 1.37 bits per heavy atom. The van der Waals surface area contributed by atoms with Crippen LogP contribution < -0.4 is 5.32 Å². The molecule has 1 saturated heterocycles. The van der Waals surface area contributed by atoms with Crippen LogP contribution in [0.15, 0.2) is 30.3 Å². The first kappa shape index (κ1) is 14.1. The van der Waals surface area contributed by atoms with E-state index in [4.69, 9.17) is 0 Å². The number of nitrogens with zero attached hydrogens (tertiary/aromatic N) is 1. The molecule has 3 heteroatoms. The van der Waals surface area contributed by atoms with Gasteiger partial charge >= 0.3 is 0 Å². The molecule has 1 aliphatic heterocycles. The summed E-state index contributed by atoms with van der Waals surface area (Å²) in [7, 11) is 0. The van der Waals surface area contributed by atoms with E-state index in [0.29, 0.717) is 6.54 Å². The minimum atomic E-state index is 0.157. The van der Waals surface area contributed by atoms with Crippen molar-refractivity contribution in [3.63, 3.8) is 0 Å². The zero-order valence-electron chi connectivity index (χ0n) is 11.8. The van der Waals surface area contributed by atoms with Crippen molar-refractivity contribution in [3.05, 3.63) is 35.9 Å². The number of carbonyl (C=O) groups excluding carboxylic acids is 1. The average Bonchev–Trinajstić information content (AvgIpc) is 2.40.